The van der Waals surface area contributed by atoms with Gasteiger partial charge in [0.2, 0.25) is 6.39 Å². The first-order valence-electron chi connectivity index (χ1n) is 5.89. The zero-order chi connectivity index (χ0) is 13.0. The summed E-state index contributed by atoms with van der Waals surface area (Å²) < 4.78 is 4.70. The van der Waals surface area contributed by atoms with Crippen molar-refractivity contribution in [2.45, 2.75) is 32.9 Å². The van der Waals surface area contributed by atoms with Crippen LogP contribution in [0.25, 0.3) is 0 Å². The van der Waals surface area contributed by atoms with Crippen LogP contribution < -0.4 is 0 Å². The highest BCUT2D eigenvalue weighted by atomic mass is 16.5. The maximum absolute atomic E-state index is 4.70. The van der Waals surface area contributed by atoms with Crippen LogP contribution in [0, 0.1) is 0 Å². The minimum Gasteiger partial charge on any atom is -0.343 e. The van der Waals surface area contributed by atoms with Gasteiger partial charge < -0.3 is 4.52 Å². The molecule has 6 nitrogen and oxygen atoms in total. The van der Waals surface area contributed by atoms with Crippen molar-refractivity contribution in [1.82, 2.24) is 25.0 Å². The van der Waals surface area contributed by atoms with Crippen molar-refractivity contribution in [2.24, 2.45) is 0 Å². The van der Waals surface area contributed by atoms with Gasteiger partial charge in [0.1, 0.15) is 5.82 Å². The molecule has 0 N–H and O–H groups in total. The monoisotopic (exact) mass is 247 g/mol. The minimum absolute atomic E-state index is 0.358. The summed E-state index contributed by atoms with van der Waals surface area (Å²) in [5.41, 5.74) is 1.07. The number of hydrogen-bond acceptors (Lipinski definition) is 6. The lowest BCUT2D eigenvalue weighted by molar-refractivity contribution is 0.301. The maximum Gasteiger partial charge on any atom is 0.213 e. The van der Waals surface area contributed by atoms with Gasteiger partial charge >= 0.3 is 0 Å². The summed E-state index contributed by atoms with van der Waals surface area (Å²) >= 11 is 0. The van der Waals surface area contributed by atoms with Crippen molar-refractivity contribution in [3.63, 3.8) is 0 Å². The molecular weight excluding hydrogens is 230 g/mol. The molecule has 0 atom stereocenters. The van der Waals surface area contributed by atoms with Gasteiger partial charge in [0.25, 0.3) is 0 Å². The molecule has 0 unspecified atom stereocenters. The SMILES string of the molecule is CC(C)c1ncc(CN(C)Cc2ncon2)cn1. The van der Waals surface area contributed by atoms with Crippen molar-refractivity contribution in [3.05, 3.63) is 36.0 Å². The van der Waals surface area contributed by atoms with Gasteiger partial charge in [-0.2, -0.15) is 4.98 Å². The molecule has 0 aliphatic heterocycles. The fourth-order valence-electron chi connectivity index (χ4n) is 1.62. The van der Waals surface area contributed by atoms with Crippen LogP contribution in [0.3, 0.4) is 0 Å². The van der Waals surface area contributed by atoms with Crippen LogP contribution >= 0.6 is 0 Å². The Kier molecular flexibility index (Phi) is 3.99. The zero-order valence-electron chi connectivity index (χ0n) is 10.9. The van der Waals surface area contributed by atoms with E-state index >= 15 is 0 Å². The summed E-state index contributed by atoms with van der Waals surface area (Å²) in [7, 11) is 1.99. The molecule has 0 amide bonds. The average Bonchev–Trinajstić information content (AvgIpc) is 2.82. The molecule has 0 fully saturated rings. The predicted molar refractivity (Wildman–Crippen MR) is 65.6 cm³/mol. The maximum atomic E-state index is 4.70. The minimum atomic E-state index is 0.358. The van der Waals surface area contributed by atoms with Gasteiger partial charge in [-0.25, -0.2) is 9.97 Å². The van der Waals surface area contributed by atoms with Gasteiger partial charge in [-0.1, -0.05) is 19.0 Å². The van der Waals surface area contributed by atoms with Gasteiger partial charge in [0.05, 0.1) is 6.54 Å². The largest absolute Gasteiger partial charge is 0.343 e. The molecule has 0 saturated carbocycles. The average molecular weight is 247 g/mol. The third kappa shape index (κ3) is 3.33. The predicted octanol–water partition coefficient (Wildman–Crippen LogP) is 1.61. The molecule has 0 radical (unpaired) electrons. The molecule has 0 saturated heterocycles. The lowest BCUT2D eigenvalue weighted by atomic mass is 10.2. The first-order chi connectivity index (χ1) is 8.65. The summed E-state index contributed by atoms with van der Waals surface area (Å²) in [5, 5.41) is 3.78. The normalized spacial score (nSPS) is 11.4. The number of aromatic nitrogens is 4. The Bertz CT molecular complexity index is 466. The van der Waals surface area contributed by atoms with Crippen LogP contribution in [-0.2, 0) is 13.1 Å². The first kappa shape index (κ1) is 12.6. The molecule has 0 aliphatic carbocycles. The van der Waals surface area contributed by atoms with Crippen LogP contribution in [0.2, 0.25) is 0 Å². The molecule has 18 heavy (non-hydrogen) atoms. The summed E-state index contributed by atoms with van der Waals surface area (Å²) in [6.07, 6.45) is 5.08. The Balaban J connectivity index is 1.92. The van der Waals surface area contributed by atoms with Gasteiger partial charge in [-0.05, 0) is 7.05 Å². The van der Waals surface area contributed by atoms with Crippen molar-refractivity contribution in [3.8, 4) is 0 Å². The third-order valence-corrected chi connectivity index (χ3v) is 2.51. The second-order valence-electron chi connectivity index (χ2n) is 4.62. The molecule has 2 heterocycles. The van der Waals surface area contributed by atoms with Crippen LogP contribution in [0.1, 0.15) is 37.0 Å². The van der Waals surface area contributed by atoms with Crippen molar-refractivity contribution < 1.29 is 4.52 Å². The summed E-state index contributed by atoms with van der Waals surface area (Å²) in [5.74, 6) is 1.91. The zero-order valence-corrected chi connectivity index (χ0v) is 10.9. The van der Waals surface area contributed by atoms with E-state index in [0.29, 0.717) is 18.3 Å². The molecule has 2 rings (SSSR count). The van der Waals surface area contributed by atoms with E-state index in [1.54, 1.807) is 0 Å². The number of nitrogens with zero attached hydrogens (tertiary/aromatic N) is 5. The molecule has 0 aromatic carbocycles. The molecule has 2 aromatic heterocycles. The van der Waals surface area contributed by atoms with Gasteiger partial charge in [0.15, 0.2) is 5.82 Å². The van der Waals surface area contributed by atoms with E-state index in [1.807, 2.05) is 19.4 Å². The van der Waals surface area contributed by atoms with E-state index in [-0.39, 0.29) is 0 Å². The molecule has 0 bridgehead atoms. The van der Waals surface area contributed by atoms with Gasteiger partial charge in [-0.15, -0.1) is 0 Å². The highest BCUT2D eigenvalue weighted by Gasteiger charge is 2.07. The molecule has 0 aliphatic rings. The van der Waals surface area contributed by atoms with E-state index in [2.05, 4.69) is 38.9 Å². The van der Waals surface area contributed by atoms with Crippen LogP contribution in [-0.4, -0.2) is 32.1 Å². The Hall–Kier alpha value is -1.82. The highest BCUT2D eigenvalue weighted by molar-refractivity contribution is 5.06. The van der Waals surface area contributed by atoms with Crippen LogP contribution in [0.4, 0.5) is 0 Å². The third-order valence-electron chi connectivity index (χ3n) is 2.51. The van der Waals surface area contributed by atoms with E-state index in [9.17, 15) is 0 Å². The lowest BCUT2D eigenvalue weighted by Gasteiger charge is -2.14. The van der Waals surface area contributed by atoms with Crippen molar-refractivity contribution in [2.75, 3.05) is 7.05 Å². The highest BCUT2D eigenvalue weighted by Crippen LogP contribution is 2.09. The van der Waals surface area contributed by atoms with E-state index in [4.69, 9.17) is 4.52 Å². The standard InChI is InChI=1S/C12H17N5O/c1-9(2)12-13-4-10(5-14-12)6-17(3)7-11-15-8-18-16-11/h4-5,8-9H,6-7H2,1-3H3. The summed E-state index contributed by atoms with van der Waals surface area (Å²) in [6, 6.07) is 0. The molecule has 0 spiro atoms. The smallest absolute Gasteiger partial charge is 0.213 e. The molecule has 96 valence electrons. The van der Waals surface area contributed by atoms with Crippen LogP contribution in [0.5, 0.6) is 0 Å². The Labute approximate surface area is 106 Å². The fraction of sp³-hybridized carbons (Fsp3) is 0.500. The second kappa shape index (κ2) is 5.68. The second-order valence-corrected chi connectivity index (χ2v) is 4.62. The van der Waals surface area contributed by atoms with Crippen molar-refractivity contribution >= 4 is 0 Å². The fourth-order valence-corrected chi connectivity index (χ4v) is 1.62. The summed E-state index contributed by atoms with van der Waals surface area (Å²) in [6.45, 7) is 5.56. The quantitative estimate of drug-likeness (QED) is 0.799. The molecule has 2 aromatic rings. The Morgan fingerprint density at radius 1 is 1.17 bits per heavy atom. The van der Waals surface area contributed by atoms with E-state index in [0.717, 1.165) is 17.9 Å². The van der Waals surface area contributed by atoms with E-state index in [1.165, 1.54) is 6.39 Å². The number of hydrogen-bond donors (Lipinski definition) is 0. The summed E-state index contributed by atoms with van der Waals surface area (Å²) in [4.78, 5) is 14.7. The van der Waals surface area contributed by atoms with Crippen molar-refractivity contribution in [1.29, 1.82) is 0 Å². The van der Waals surface area contributed by atoms with E-state index < -0.39 is 0 Å². The Morgan fingerprint density at radius 3 is 2.44 bits per heavy atom. The van der Waals surface area contributed by atoms with Crippen LogP contribution in [0.15, 0.2) is 23.3 Å². The molecule has 6 heteroatoms. The number of rotatable bonds is 5. The van der Waals surface area contributed by atoms with Gasteiger partial charge in [0, 0.05) is 30.4 Å². The molecular formula is C12H17N5O. The Morgan fingerprint density at radius 2 is 1.89 bits per heavy atom. The lowest BCUT2D eigenvalue weighted by Crippen LogP contribution is -2.18. The van der Waals surface area contributed by atoms with Gasteiger partial charge in [-0.3, -0.25) is 4.90 Å². The topological polar surface area (TPSA) is 67.9 Å². The first-order valence-corrected chi connectivity index (χ1v) is 5.89.